The Bertz CT molecular complexity index is 289. The lowest BCUT2D eigenvalue weighted by Crippen LogP contribution is -2.51. The standard InChI is InChI=1S/C12H21N3O/c1-10(2)12(3,9-13)14-11(16)8-15-6-4-5-7-15/h10H,4-8H2,1-3H3,(H,14,16)/t12-/m0/s1. The number of nitrogens with one attached hydrogen (secondary N) is 1. The first-order valence-electron chi connectivity index (χ1n) is 5.92. The first-order chi connectivity index (χ1) is 7.48. The van der Waals surface area contributed by atoms with Crippen LogP contribution < -0.4 is 5.32 Å². The number of likely N-dealkylation sites (tertiary alicyclic amines) is 1. The van der Waals surface area contributed by atoms with Gasteiger partial charge >= 0.3 is 0 Å². The number of hydrogen-bond donors (Lipinski definition) is 1. The molecule has 16 heavy (non-hydrogen) atoms. The van der Waals surface area contributed by atoms with Crippen LogP contribution in [0.2, 0.25) is 0 Å². The highest BCUT2D eigenvalue weighted by Gasteiger charge is 2.30. The van der Waals surface area contributed by atoms with E-state index in [0.29, 0.717) is 6.54 Å². The molecule has 0 unspecified atom stereocenters. The Morgan fingerprint density at radius 1 is 1.50 bits per heavy atom. The van der Waals surface area contributed by atoms with Gasteiger partial charge in [0.15, 0.2) is 0 Å². The Morgan fingerprint density at radius 2 is 2.06 bits per heavy atom. The maximum Gasteiger partial charge on any atom is 0.235 e. The minimum atomic E-state index is -0.753. The molecule has 0 aliphatic carbocycles. The van der Waals surface area contributed by atoms with Crippen molar-refractivity contribution in [1.82, 2.24) is 10.2 Å². The molecule has 1 atom stereocenters. The van der Waals surface area contributed by atoms with Crippen LogP contribution in [-0.4, -0.2) is 36.0 Å². The quantitative estimate of drug-likeness (QED) is 0.777. The molecular weight excluding hydrogens is 202 g/mol. The van der Waals surface area contributed by atoms with E-state index >= 15 is 0 Å². The monoisotopic (exact) mass is 223 g/mol. The fourth-order valence-corrected chi connectivity index (χ4v) is 1.77. The number of rotatable bonds is 4. The lowest BCUT2D eigenvalue weighted by molar-refractivity contribution is -0.123. The molecule has 0 radical (unpaired) electrons. The van der Waals surface area contributed by atoms with E-state index in [0.717, 1.165) is 13.1 Å². The molecule has 1 rings (SSSR count). The molecule has 1 saturated heterocycles. The third-order valence-electron chi connectivity index (χ3n) is 3.35. The van der Waals surface area contributed by atoms with Gasteiger partial charge in [-0.1, -0.05) is 13.8 Å². The molecular formula is C12H21N3O. The zero-order valence-corrected chi connectivity index (χ0v) is 10.4. The van der Waals surface area contributed by atoms with Crippen LogP contribution in [0.4, 0.5) is 0 Å². The summed E-state index contributed by atoms with van der Waals surface area (Å²) in [4.78, 5) is 13.9. The molecule has 4 heteroatoms. The second-order valence-corrected chi connectivity index (χ2v) is 5.00. The highest BCUT2D eigenvalue weighted by Crippen LogP contribution is 2.15. The molecule has 1 aliphatic heterocycles. The summed E-state index contributed by atoms with van der Waals surface area (Å²) in [7, 11) is 0. The third kappa shape index (κ3) is 3.21. The zero-order valence-electron chi connectivity index (χ0n) is 10.4. The van der Waals surface area contributed by atoms with Crippen LogP contribution in [0.5, 0.6) is 0 Å². The second-order valence-electron chi connectivity index (χ2n) is 5.00. The van der Waals surface area contributed by atoms with Crippen molar-refractivity contribution in [2.75, 3.05) is 19.6 Å². The van der Waals surface area contributed by atoms with Crippen LogP contribution in [0.25, 0.3) is 0 Å². The van der Waals surface area contributed by atoms with Crippen molar-refractivity contribution in [3.05, 3.63) is 0 Å². The maximum atomic E-state index is 11.8. The van der Waals surface area contributed by atoms with Crippen molar-refractivity contribution in [3.63, 3.8) is 0 Å². The predicted octanol–water partition coefficient (Wildman–Crippen LogP) is 1.14. The van der Waals surface area contributed by atoms with E-state index in [4.69, 9.17) is 5.26 Å². The van der Waals surface area contributed by atoms with Gasteiger partial charge in [0.2, 0.25) is 5.91 Å². The van der Waals surface area contributed by atoms with Gasteiger partial charge in [0.1, 0.15) is 5.54 Å². The summed E-state index contributed by atoms with van der Waals surface area (Å²) in [5.41, 5.74) is -0.753. The van der Waals surface area contributed by atoms with E-state index in [2.05, 4.69) is 16.3 Å². The van der Waals surface area contributed by atoms with Crippen molar-refractivity contribution in [2.45, 2.75) is 39.2 Å². The lowest BCUT2D eigenvalue weighted by Gasteiger charge is -2.28. The van der Waals surface area contributed by atoms with Crippen molar-refractivity contribution < 1.29 is 4.79 Å². The molecule has 0 spiro atoms. The Balaban J connectivity index is 2.46. The molecule has 1 amide bonds. The maximum absolute atomic E-state index is 11.8. The van der Waals surface area contributed by atoms with E-state index < -0.39 is 5.54 Å². The van der Waals surface area contributed by atoms with E-state index in [1.165, 1.54) is 12.8 Å². The van der Waals surface area contributed by atoms with Gasteiger partial charge in [-0.3, -0.25) is 9.69 Å². The molecule has 1 fully saturated rings. The van der Waals surface area contributed by atoms with Gasteiger partial charge in [0, 0.05) is 0 Å². The SMILES string of the molecule is CC(C)[C@](C)(C#N)NC(=O)CN1CCCC1. The Labute approximate surface area is 97.6 Å². The average Bonchev–Trinajstić information content (AvgIpc) is 2.69. The van der Waals surface area contributed by atoms with Crippen LogP contribution in [0.1, 0.15) is 33.6 Å². The number of carbonyl (C=O) groups excluding carboxylic acids is 1. The molecule has 1 aliphatic rings. The van der Waals surface area contributed by atoms with Crippen LogP contribution in [-0.2, 0) is 4.79 Å². The summed E-state index contributed by atoms with van der Waals surface area (Å²) in [6, 6.07) is 2.18. The summed E-state index contributed by atoms with van der Waals surface area (Å²) in [6.07, 6.45) is 2.35. The van der Waals surface area contributed by atoms with Crippen LogP contribution in [0.3, 0.4) is 0 Å². The van der Waals surface area contributed by atoms with Crippen molar-refractivity contribution in [1.29, 1.82) is 5.26 Å². The fourth-order valence-electron chi connectivity index (χ4n) is 1.77. The molecule has 0 saturated carbocycles. The number of nitrogens with zero attached hydrogens (tertiary/aromatic N) is 2. The second kappa shape index (κ2) is 5.31. The lowest BCUT2D eigenvalue weighted by atomic mass is 9.90. The molecule has 1 N–H and O–H groups in total. The predicted molar refractivity (Wildman–Crippen MR) is 62.7 cm³/mol. The van der Waals surface area contributed by atoms with Crippen molar-refractivity contribution >= 4 is 5.91 Å². The first-order valence-corrected chi connectivity index (χ1v) is 5.92. The Morgan fingerprint density at radius 3 is 2.50 bits per heavy atom. The Kier molecular flexibility index (Phi) is 4.31. The molecule has 90 valence electrons. The third-order valence-corrected chi connectivity index (χ3v) is 3.35. The van der Waals surface area contributed by atoms with Crippen LogP contribution in [0, 0.1) is 17.2 Å². The minimum Gasteiger partial charge on any atom is -0.337 e. The van der Waals surface area contributed by atoms with E-state index in [9.17, 15) is 4.79 Å². The van der Waals surface area contributed by atoms with Gasteiger partial charge in [-0.05, 0) is 38.8 Å². The highest BCUT2D eigenvalue weighted by molar-refractivity contribution is 5.79. The highest BCUT2D eigenvalue weighted by atomic mass is 16.2. The number of hydrogen-bond acceptors (Lipinski definition) is 3. The van der Waals surface area contributed by atoms with E-state index in [1.807, 2.05) is 13.8 Å². The Hall–Kier alpha value is -1.08. The number of carbonyl (C=O) groups is 1. The molecule has 4 nitrogen and oxygen atoms in total. The van der Waals surface area contributed by atoms with Gasteiger partial charge in [-0.25, -0.2) is 0 Å². The minimum absolute atomic E-state index is 0.0420. The smallest absolute Gasteiger partial charge is 0.235 e. The molecule has 0 aromatic heterocycles. The van der Waals surface area contributed by atoms with Crippen LogP contribution >= 0.6 is 0 Å². The number of amides is 1. The van der Waals surface area contributed by atoms with Gasteiger partial charge in [-0.2, -0.15) is 5.26 Å². The molecule has 0 aromatic carbocycles. The van der Waals surface area contributed by atoms with Gasteiger partial charge in [0.05, 0.1) is 12.6 Å². The van der Waals surface area contributed by atoms with Gasteiger partial charge in [0.25, 0.3) is 0 Å². The number of nitriles is 1. The van der Waals surface area contributed by atoms with Crippen molar-refractivity contribution in [3.8, 4) is 6.07 Å². The summed E-state index contributed by atoms with van der Waals surface area (Å²) in [5.74, 6) is 0.0691. The summed E-state index contributed by atoms with van der Waals surface area (Å²) in [6.45, 7) is 8.08. The van der Waals surface area contributed by atoms with Crippen LogP contribution in [0.15, 0.2) is 0 Å². The molecule has 0 aromatic rings. The van der Waals surface area contributed by atoms with Crippen molar-refractivity contribution in [2.24, 2.45) is 5.92 Å². The van der Waals surface area contributed by atoms with Gasteiger partial charge < -0.3 is 5.32 Å². The first kappa shape index (κ1) is 13.0. The topological polar surface area (TPSA) is 56.1 Å². The van der Waals surface area contributed by atoms with E-state index in [1.54, 1.807) is 6.92 Å². The zero-order chi connectivity index (χ0) is 12.2. The fraction of sp³-hybridized carbons (Fsp3) is 0.833. The average molecular weight is 223 g/mol. The largest absolute Gasteiger partial charge is 0.337 e. The normalized spacial score (nSPS) is 20.4. The molecule has 1 heterocycles. The summed E-state index contributed by atoms with van der Waals surface area (Å²) in [5, 5.41) is 11.9. The van der Waals surface area contributed by atoms with E-state index in [-0.39, 0.29) is 11.8 Å². The van der Waals surface area contributed by atoms with Gasteiger partial charge in [-0.15, -0.1) is 0 Å². The summed E-state index contributed by atoms with van der Waals surface area (Å²) < 4.78 is 0. The molecule has 0 bridgehead atoms. The summed E-state index contributed by atoms with van der Waals surface area (Å²) >= 11 is 0.